The number of aliphatic imine (C=N–C) groups is 1. The van der Waals surface area contributed by atoms with Gasteiger partial charge in [0, 0.05) is 31.5 Å². The average molecular weight is 350 g/mol. The predicted molar refractivity (Wildman–Crippen MR) is 103 cm³/mol. The number of hydrogen-bond donors (Lipinski definition) is 2. The number of hydrogen-bond acceptors (Lipinski definition) is 3. The smallest absolute Gasteiger partial charge is 0.191 e. The molecule has 0 bridgehead atoms. The molecule has 0 unspecified atom stereocenters. The van der Waals surface area contributed by atoms with Crippen LogP contribution in [0, 0.1) is 19.3 Å². The van der Waals surface area contributed by atoms with Crippen molar-refractivity contribution in [1.82, 2.24) is 20.4 Å². The van der Waals surface area contributed by atoms with Crippen LogP contribution in [0.5, 0.6) is 0 Å². The molecule has 1 aliphatic rings. The Bertz CT molecular complexity index is 569. The maximum Gasteiger partial charge on any atom is 0.191 e. The number of aromatic nitrogens is 2. The minimum atomic E-state index is 0.479. The highest BCUT2D eigenvalue weighted by molar-refractivity contribution is 5.79. The second-order valence-corrected chi connectivity index (χ2v) is 7.12. The molecular formula is C19H35N5O. The zero-order chi connectivity index (χ0) is 18.3. The third kappa shape index (κ3) is 4.97. The van der Waals surface area contributed by atoms with Crippen LogP contribution in [0.4, 0.5) is 0 Å². The van der Waals surface area contributed by atoms with Gasteiger partial charge in [0.2, 0.25) is 0 Å². The summed E-state index contributed by atoms with van der Waals surface area (Å²) in [6.45, 7) is 12.6. The molecule has 2 N–H and O–H groups in total. The molecule has 142 valence electrons. The molecular weight excluding hydrogens is 314 g/mol. The fourth-order valence-electron chi connectivity index (χ4n) is 3.46. The van der Waals surface area contributed by atoms with E-state index in [0.29, 0.717) is 18.6 Å². The molecule has 1 aromatic heterocycles. The Kier molecular flexibility index (Phi) is 7.29. The van der Waals surface area contributed by atoms with Gasteiger partial charge in [-0.2, -0.15) is 5.10 Å². The van der Waals surface area contributed by atoms with Crippen molar-refractivity contribution in [2.24, 2.45) is 10.4 Å². The van der Waals surface area contributed by atoms with Crippen LogP contribution in [0.3, 0.4) is 0 Å². The largest absolute Gasteiger partial charge is 0.383 e. The van der Waals surface area contributed by atoms with E-state index in [1.54, 1.807) is 7.11 Å². The molecule has 0 saturated heterocycles. The van der Waals surface area contributed by atoms with Gasteiger partial charge in [0.1, 0.15) is 0 Å². The second-order valence-electron chi connectivity index (χ2n) is 7.12. The first-order valence-corrected chi connectivity index (χ1v) is 9.59. The van der Waals surface area contributed by atoms with E-state index in [0.717, 1.165) is 31.3 Å². The Hall–Kier alpha value is -1.56. The minimum Gasteiger partial charge on any atom is -0.383 e. The molecule has 6 heteroatoms. The van der Waals surface area contributed by atoms with Gasteiger partial charge in [-0.05, 0) is 45.4 Å². The Morgan fingerprint density at radius 2 is 2.04 bits per heavy atom. The molecule has 1 aromatic rings. The third-order valence-electron chi connectivity index (χ3n) is 5.57. The molecule has 1 heterocycles. The lowest BCUT2D eigenvalue weighted by atomic mass is 9.67. The van der Waals surface area contributed by atoms with Gasteiger partial charge in [-0.3, -0.25) is 4.68 Å². The zero-order valence-electron chi connectivity index (χ0n) is 16.6. The third-order valence-corrected chi connectivity index (χ3v) is 5.57. The molecule has 0 atom stereocenters. The van der Waals surface area contributed by atoms with Gasteiger partial charge in [-0.15, -0.1) is 0 Å². The summed E-state index contributed by atoms with van der Waals surface area (Å²) in [5, 5.41) is 11.5. The van der Waals surface area contributed by atoms with Crippen LogP contribution in [0.1, 0.15) is 56.5 Å². The first-order valence-electron chi connectivity index (χ1n) is 9.59. The fraction of sp³-hybridized carbons (Fsp3) is 0.789. The lowest BCUT2D eigenvalue weighted by molar-refractivity contribution is 0.131. The van der Waals surface area contributed by atoms with E-state index in [1.165, 1.54) is 36.9 Å². The van der Waals surface area contributed by atoms with Crippen LogP contribution in [0.25, 0.3) is 0 Å². The number of methoxy groups -OCH3 is 1. The van der Waals surface area contributed by atoms with Gasteiger partial charge in [-0.1, -0.05) is 13.3 Å². The molecule has 0 amide bonds. The van der Waals surface area contributed by atoms with Gasteiger partial charge in [0.05, 0.1) is 25.4 Å². The van der Waals surface area contributed by atoms with Crippen LogP contribution < -0.4 is 10.6 Å². The Labute approximate surface area is 152 Å². The molecule has 1 fully saturated rings. The Balaban J connectivity index is 2.01. The molecule has 1 saturated carbocycles. The molecule has 1 aliphatic carbocycles. The highest BCUT2D eigenvalue weighted by Gasteiger charge is 2.34. The molecule has 0 radical (unpaired) electrons. The van der Waals surface area contributed by atoms with Crippen LogP contribution in [-0.4, -0.2) is 42.5 Å². The van der Waals surface area contributed by atoms with Crippen molar-refractivity contribution in [3.63, 3.8) is 0 Å². The first kappa shape index (κ1) is 19.8. The first-order chi connectivity index (χ1) is 12.0. The number of nitrogens with zero attached hydrogens (tertiary/aromatic N) is 3. The van der Waals surface area contributed by atoms with Gasteiger partial charge in [0.15, 0.2) is 5.96 Å². The van der Waals surface area contributed by atoms with E-state index in [9.17, 15) is 0 Å². The van der Waals surface area contributed by atoms with Crippen LogP contribution in [-0.2, 0) is 17.8 Å². The number of ether oxygens (including phenoxy) is 1. The highest BCUT2D eigenvalue weighted by atomic mass is 16.5. The summed E-state index contributed by atoms with van der Waals surface area (Å²) in [6, 6.07) is 0. The fourth-order valence-corrected chi connectivity index (χ4v) is 3.46. The van der Waals surface area contributed by atoms with Crippen molar-refractivity contribution in [3.8, 4) is 0 Å². The number of nitrogens with one attached hydrogen (secondary N) is 2. The molecule has 6 nitrogen and oxygen atoms in total. The highest BCUT2D eigenvalue weighted by Crippen LogP contribution is 2.42. The summed E-state index contributed by atoms with van der Waals surface area (Å²) < 4.78 is 7.18. The zero-order valence-corrected chi connectivity index (χ0v) is 16.6. The normalized spacial score (nSPS) is 16.6. The molecule has 0 spiro atoms. The quantitative estimate of drug-likeness (QED) is 0.531. The monoisotopic (exact) mass is 349 g/mol. The molecule has 2 rings (SSSR count). The van der Waals surface area contributed by atoms with Gasteiger partial charge < -0.3 is 15.4 Å². The minimum absolute atomic E-state index is 0.479. The van der Waals surface area contributed by atoms with Crippen molar-refractivity contribution in [2.75, 3.05) is 26.8 Å². The summed E-state index contributed by atoms with van der Waals surface area (Å²) in [5.74, 6) is 0.908. The van der Waals surface area contributed by atoms with Crippen molar-refractivity contribution < 1.29 is 4.74 Å². The topological polar surface area (TPSA) is 63.5 Å². The van der Waals surface area contributed by atoms with Crippen LogP contribution >= 0.6 is 0 Å². The van der Waals surface area contributed by atoms with E-state index in [4.69, 9.17) is 9.73 Å². The predicted octanol–water partition coefficient (Wildman–Crippen LogP) is 2.78. The Morgan fingerprint density at radius 3 is 2.60 bits per heavy atom. The number of rotatable bonds is 9. The summed E-state index contributed by atoms with van der Waals surface area (Å²) in [7, 11) is 1.72. The summed E-state index contributed by atoms with van der Waals surface area (Å²) >= 11 is 0. The summed E-state index contributed by atoms with van der Waals surface area (Å²) in [5.41, 5.74) is 3.92. The maximum atomic E-state index is 5.16. The molecule has 0 aromatic carbocycles. The van der Waals surface area contributed by atoms with Crippen molar-refractivity contribution in [1.29, 1.82) is 0 Å². The van der Waals surface area contributed by atoms with Gasteiger partial charge in [-0.25, -0.2) is 4.99 Å². The van der Waals surface area contributed by atoms with E-state index < -0.39 is 0 Å². The van der Waals surface area contributed by atoms with E-state index in [1.807, 2.05) is 4.68 Å². The summed E-state index contributed by atoms with van der Waals surface area (Å²) in [6.07, 6.45) is 5.27. The molecule has 0 aliphatic heterocycles. The number of guanidine groups is 1. The van der Waals surface area contributed by atoms with E-state index >= 15 is 0 Å². The van der Waals surface area contributed by atoms with Crippen molar-refractivity contribution in [2.45, 2.75) is 66.5 Å². The summed E-state index contributed by atoms with van der Waals surface area (Å²) in [4.78, 5) is 4.80. The Morgan fingerprint density at radius 1 is 1.28 bits per heavy atom. The van der Waals surface area contributed by atoms with Crippen LogP contribution in [0.15, 0.2) is 4.99 Å². The van der Waals surface area contributed by atoms with Crippen molar-refractivity contribution in [3.05, 3.63) is 17.0 Å². The second kappa shape index (κ2) is 9.22. The SMILES string of the molecule is CCNC(=NCc1c(C)nn(CCOC)c1C)NCC1(CC)CCC1. The lowest BCUT2D eigenvalue weighted by Gasteiger charge is -2.41. The van der Waals surface area contributed by atoms with Gasteiger partial charge >= 0.3 is 0 Å². The van der Waals surface area contributed by atoms with Crippen molar-refractivity contribution >= 4 is 5.96 Å². The lowest BCUT2D eigenvalue weighted by Crippen LogP contribution is -2.46. The average Bonchev–Trinajstić information content (AvgIpc) is 2.83. The standard InChI is InChI=1S/C19H35N5O/c1-6-19(9-8-10-19)14-22-18(20-7-2)21-13-17-15(3)23-24(16(17)4)11-12-25-5/h6-14H2,1-5H3,(H2,20,21,22). The van der Waals surface area contributed by atoms with E-state index in [-0.39, 0.29) is 0 Å². The van der Waals surface area contributed by atoms with Crippen LogP contribution in [0.2, 0.25) is 0 Å². The number of aryl methyl sites for hydroxylation is 1. The molecule has 25 heavy (non-hydrogen) atoms. The van der Waals surface area contributed by atoms with E-state index in [2.05, 4.69) is 43.4 Å². The maximum absolute atomic E-state index is 5.16. The van der Waals surface area contributed by atoms with Gasteiger partial charge in [0.25, 0.3) is 0 Å².